The summed E-state index contributed by atoms with van der Waals surface area (Å²) in [6.45, 7) is 11.0. The van der Waals surface area contributed by atoms with E-state index in [2.05, 4.69) is 13.8 Å². The van der Waals surface area contributed by atoms with Gasteiger partial charge in [-0.05, 0) is 92.4 Å². The van der Waals surface area contributed by atoms with Crippen molar-refractivity contribution in [1.29, 1.82) is 0 Å². The molecule has 0 radical (unpaired) electrons. The first kappa shape index (κ1) is 28.5. The van der Waals surface area contributed by atoms with Gasteiger partial charge in [0, 0.05) is 11.3 Å². The van der Waals surface area contributed by atoms with Crippen molar-refractivity contribution in [2.75, 3.05) is 24.7 Å². The van der Waals surface area contributed by atoms with Crippen LogP contribution in [0.15, 0.2) is 66.2 Å². The molecule has 8 nitrogen and oxygen atoms in total. The van der Waals surface area contributed by atoms with Gasteiger partial charge >= 0.3 is 0 Å². The highest BCUT2D eigenvalue weighted by atomic mass is 16.5. The van der Waals surface area contributed by atoms with Gasteiger partial charge in [0.1, 0.15) is 17.3 Å². The molecule has 1 atom stereocenters. The molecule has 1 unspecified atom stereocenters. The van der Waals surface area contributed by atoms with Crippen LogP contribution in [0.2, 0.25) is 0 Å². The maximum Gasteiger partial charge on any atom is 0.300 e. The zero-order valence-electron chi connectivity index (χ0n) is 23.4. The van der Waals surface area contributed by atoms with Crippen molar-refractivity contribution < 1.29 is 34.0 Å². The van der Waals surface area contributed by atoms with Crippen LogP contribution in [0.25, 0.3) is 5.76 Å². The molecule has 1 saturated heterocycles. The molecule has 40 heavy (non-hydrogen) atoms. The summed E-state index contributed by atoms with van der Waals surface area (Å²) >= 11 is 0. The highest BCUT2D eigenvalue weighted by Gasteiger charge is 2.47. The summed E-state index contributed by atoms with van der Waals surface area (Å²) in [6, 6.07) is 15.6. The van der Waals surface area contributed by atoms with Crippen LogP contribution < -0.4 is 19.1 Å². The number of aryl methyl sites for hydroxylation is 1. The minimum atomic E-state index is -0.977. The van der Waals surface area contributed by atoms with Gasteiger partial charge in [-0.2, -0.15) is 0 Å². The zero-order chi connectivity index (χ0) is 29.0. The molecule has 0 aromatic heterocycles. The lowest BCUT2D eigenvalue weighted by Crippen LogP contribution is -2.29. The van der Waals surface area contributed by atoms with Crippen molar-refractivity contribution in [2.24, 2.45) is 5.92 Å². The first-order valence-corrected chi connectivity index (χ1v) is 13.4. The molecule has 3 aromatic carbocycles. The molecule has 1 heterocycles. The lowest BCUT2D eigenvalue weighted by Gasteiger charge is -2.26. The largest absolute Gasteiger partial charge is 0.507 e. The summed E-state index contributed by atoms with van der Waals surface area (Å²) in [5.41, 5.74) is 2.04. The van der Waals surface area contributed by atoms with Crippen molar-refractivity contribution in [3.05, 3.63) is 82.9 Å². The lowest BCUT2D eigenvalue weighted by atomic mass is 9.94. The number of aliphatic hydroxyl groups is 1. The fraction of sp³-hybridized carbons (Fsp3) is 0.312. The first-order valence-electron chi connectivity index (χ1n) is 13.4. The molecule has 0 aliphatic carbocycles. The zero-order valence-corrected chi connectivity index (χ0v) is 23.4. The quantitative estimate of drug-likeness (QED) is 0.179. The summed E-state index contributed by atoms with van der Waals surface area (Å²) in [5, 5.41) is 21.8. The van der Waals surface area contributed by atoms with Crippen molar-refractivity contribution in [3.8, 4) is 23.0 Å². The van der Waals surface area contributed by atoms with Crippen LogP contribution in [-0.4, -0.2) is 41.7 Å². The maximum atomic E-state index is 13.5. The molecule has 3 aromatic rings. The Kier molecular flexibility index (Phi) is 8.67. The summed E-state index contributed by atoms with van der Waals surface area (Å²) in [6.07, 6.45) is 0. The number of hydrogen-bond acceptors (Lipinski definition) is 7. The van der Waals surface area contributed by atoms with Gasteiger partial charge < -0.3 is 24.4 Å². The third kappa shape index (κ3) is 5.76. The van der Waals surface area contributed by atoms with E-state index in [1.807, 2.05) is 13.8 Å². The van der Waals surface area contributed by atoms with Crippen LogP contribution in [0, 0.1) is 12.8 Å². The second kappa shape index (κ2) is 12.2. The standard InChI is InChI=1S/C32H35NO7/c1-6-38-24-12-10-23(11-13-24)33-29(21-8-14-25(34)27(17-21)39-7-2)28(31(36)32(33)37)30(35)22-9-15-26(20(5)16-22)40-18-19(3)4/h8-17,19,29,34-35H,6-7,18H2,1-5H3/b30-28-. The molecule has 2 N–H and O–H groups in total. The van der Waals surface area contributed by atoms with Crippen molar-refractivity contribution >= 4 is 23.1 Å². The monoisotopic (exact) mass is 545 g/mol. The third-order valence-electron chi connectivity index (χ3n) is 6.49. The van der Waals surface area contributed by atoms with Crippen LogP contribution in [-0.2, 0) is 9.59 Å². The van der Waals surface area contributed by atoms with E-state index in [9.17, 15) is 19.8 Å². The molecule has 1 amide bonds. The molecule has 4 rings (SSSR count). The molecule has 1 aliphatic rings. The van der Waals surface area contributed by atoms with E-state index in [4.69, 9.17) is 14.2 Å². The van der Waals surface area contributed by atoms with Gasteiger partial charge in [0.05, 0.1) is 31.4 Å². The Morgan fingerprint density at radius 2 is 1.60 bits per heavy atom. The van der Waals surface area contributed by atoms with Crippen LogP contribution >= 0.6 is 0 Å². The molecule has 8 heteroatoms. The smallest absolute Gasteiger partial charge is 0.300 e. The van der Waals surface area contributed by atoms with E-state index in [0.717, 1.165) is 5.56 Å². The molecular weight excluding hydrogens is 510 g/mol. The average Bonchev–Trinajstić information content (AvgIpc) is 3.19. The summed E-state index contributed by atoms with van der Waals surface area (Å²) in [4.78, 5) is 28.4. The Balaban J connectivity index is 1.86. The maximum absolute atomic E-state index is 13.5. The number of Topliss-reactive ketones (excluding diaryl/α,β-unsaturated/α-hetero) is 1. The number of rotatable bonds is 10. The fourth-order valence-corrected chi connectivity index (χ4v) is 4.63. The van der Waals surface area contributed by atoms with E-state index in [-0.39, 0.29) is 22.8 Å². The summed E-state index contributed by atoms with van der Waals surface area (Å²) in [5.74, 6) is -0.125. The van der Waals surface area contributed by atoms with E-state index in [1.165, 1.54) is 11.0 Å². The second-order valence-electron chi connectivity index (χ2n) is 9.94. The number of carbonyl (C=O) groups excluding carboxylic acids is 2. The number of nitrogens with zero attached hydrogens (tertiary/aromatic N) is 1. The van der Waals surface area contributed by atoms with Crippen molar-refractivity contribution in [2.45, 2.75) is 40.7 Å². The van der Waals surface area contributed by atoms with Gasteiger partial charge in [-0.15, -0.1) is 0 Å². The Hall–Kier alpha value is -4.46. The Morgan fingerprint density at radius 3 is 2.23 bits per heavy atom. The van der Waals surface area contributed by atoms with Gasteiger partial charge in [-0.25, -0.2) is 0 Å². The first-order chi connectivity index (χ1) is 19.2. The topological polar surface area (TPSA) is 106 Å². The number of phenols is 1. The number of aromatic hydroxyl groups is 1. The van der Waals surface area contributed by atoms with Crippen LogP contribution in [0.5, 0.6) is 23.0 Å². The SMILES string of the molecule is CCOc1ccc(N2C(=O)C(=O)/C(=C(\O)c3ccc(OCC(C)C)c(C)c3)C2c2ccc(O)c(OCC)c2)cc1. The van der Waals surface area contributed by atoms with Gasteiger partial charge in [0.15, 0.2) is 11.5 Å². The summed E-state index contributed by atoms with van der Waals surface area (Å²) in [7, 11) is 0. The number of ether oxygens (including phenoxy) is 3. The lowest BCUT2D eigenvalue weighted by molar-refractivity contribution is -0.132. The Bertz CT molecular complexity index is 1430. The molecular formula is C32H35NO7. The number of anilines is 1. The number of carbonyl (C=O) groups is 2. The Morgan fingerprint density at radius 1 is 0.900 bits per heavy atom. The van der Waals surface area contributed by atoms with Crippen LogP contribution in [0.3, 0.4) is 0 Å². The minimum Gasteiger partial charge on any atom is -0.507 e. The minimum absolute atomic E-state index is 0.0673. The number of ketones is 1. The average molecular weight is 546 g/mol. The highest BCUT2D eigenvalue weighted by Crippen LogP contribution is 2.44. The molecule has 0 bridgehead atoms. The second-order valence-corrected chi connectivity index (χ2v) is 9.94. The number of amides is 1. The van der Waals surface area contributed by atoms with Crippen molar-refractivity contribution in [3.63, 3.8) is 0 Å². The molecule has 1 aliphatic heterocycles. The van der Waals surface area contributed by atoms with Crippen LogP contribution in [0.4, 0.5) is 5.69 Å². The normalized spacial score (nSPS) is 16.4. The summed E-state index contributed by atoms with van der Waals surface area (Å²) < 4.78 is 17.0. The number of benzene rings is 3. The third-order valence-corrected chi connectivity index (χ3v) is 6.49. The Labute approximate surface area is 234 Å². The molecule has 0 saturated carbocycles. The highest BCUT2D eigenvalue weighted by molar-refractivity contribution is 6.51. The fourth-order valence-electron chi connectivity index (χ4n) is 4.63. The van der Waals surface area contributed by atoms with E-state index in [1.54, 1.807) is 61.5 Å². The molecule has 0 spiro atoms. The molecule has 1 fully saturated rings. The number of aliphatic hydroxyl groups excluding tert-OH is 1. The predicted octanol–water partition coefficient (Wildman–Crippen LogP) is 6.16. The van der Waals surface area contributed by atoms with Gasteiger partial charge in [-0.3, -0.25) is 14.5 Å². The van der Waals surface area contributed by atoms with Crippen molar-refractivity contribution in [1.82, 2.24) is 0 Å². The van der Waals surface area contributed by atoms with E-state index >= 15 is 0 Å². The predicted molar refractivity (Wildman–Crippen MR) is 153 cm³/mol. The number of hydrogen-bond donors (Lipinski definition) is 2. The van der Waals surface area contributed by atoms with Gasteiger partial charge in [0.2, 0.25) is 0 Å². The molecule has 210 valence electrons. The van der Waals surface area contributed by atoms with Gasteiger partial charge in [0.25, 0.3) is 11.7 Å². The van der Waals surface area contributed by atoms with Crippen LogP contribution in [0.1, 0.15) is 50.4 Å². The van der Waals surface area contributed by atoms with E-state index < -0.39 is 17.7 Å². The van der Waals surface area contributed by atoms with Gasteiger partial charge in [-0.1, -0.05) is 19.9 Å². The number of phenolic OH excluding ortho intramolecular Hbond substituents is 1. The van der Waals surface area contributed by atoms with E-state index in [0.29, 0.717) is 54.1 Å².